The van der Waals surface area contributed by atoms with Crippen LogP contribution in [0.1, 0.15) is 0 Å². The number of aromatic nitrogens is 4. The SMILES string of the molecule is c1ccc(-c2ccc(-c3nc(-c4ccccc4)nc(-c4ccc(-c5ccc(-c6cc(-c7ccccc7)c7c(ccc8ccccc87)n6)cc5)cc4)n3)cc2)cc1. The summed E-state index contributed by atoms with van der Waals surface area (Å²) >= 11 is 0. The van der Waals surface area contributed by atoms with Gasteiger partial charge in [0.05, 0.1) is 11.2 Å². The molecule has 0 aliphatic rings. The summed E-state index contributed by atoms with van der Waals surface area (Å²) in [6.07, 6.45) is 0. The lowest BCUT2D eigenvalue weighted by Crippen LogP contribution is -2.00. The molecule has 0 saturated carbocycles. The number of benzene rings is 8. The number of pyridine rings is 1. The van der Waals surface area contributed by atoms with Gasteiger partial charge in [-0.1, -0.05) is 194 Å². The molecule has 0 N–H and O–H groups in total. The first-order valence-electron chi connectivity index (χ1n) is 18.8. The fourth-order valence-electron chi connectivity index (χ4n) is 7.44. The van der Waals surface area contributed by atoms with Gasteiger partial charge in [-0.2, -0.15) is 0 Å². The molecule has 0 radical (unpaired) electrons. The predicted molar refractivity (Wildman–Crippen MR) is 231 cm³/mol. The Morgan fingerprint density at radius 2 is 0.661 bits per heavy atom. The monoisotopic (exact) mass is 714 g/mol. The van der Waals surface area contributed by atoms with Gasteiger partial charge in [-0.15, -0.1) is 0 Å². The number of hydrogen-bond acceptors (Lipinski definition) is 4. The summed E-state index contributed by atoms with van der Waals surface area (Å²) in [4.78, 5) is 20.0. The summed E-state index contributed by atoms with van der Waals surface area (Å²) in [5.41, 5.74) is 12.7. The molecule has 4 nitrogen and oxygen atoms in total. The van der Waals surface area contributed by atoms with Crippen molar-refractivity contribution < 1.29 is 0 Å². The summed E-state index contributed by atoms with van der Waals surface area (Å²) in [5.74, 6) is 1.91. The molecule has 10 rings (SSSR count). The van der Waals surface area contributed by atoms with Crippen molar-refractivity contribution in [2.24, 2.45) is 0 Å². The Kier molecular flexibility index (Phi) is 8.47. The summed E-state index contributed by atoms with van der Waals surface area (Å²) in [6.45, 7) is 0. The topological polar surface area (TPSA) is 51.6 Å². The van der Waals surface area contributed by atoms with Crippen LogP contribution in [0, 0.1) is 0 Å². The highest BCUT2D eigenvalue weighted by Crippen LogP contribution is 2.37. The molecule has 0 bridgehead atoms. The van der Waals surface area contributed by atoms with Gasteiger partial charge < -0.3 is 0 Å². The maximum Gasteiger partial charge on any atom is 0.164 e. The van der Waals surface area contributed by atoms with Gasteiger partial charge in [0.15, 0.2) is 17.5 Å². The average Bonchev–Trinajstić information content (AvgIpc) is 3.29. The van der Waals surface area contributed by atoms with Crippen molar-refractivity contribution in [3.05, 3.63) is 206 Å². The molecule has 262 valence electrons. The van der Waals surface area contributed by atoms with Crippen molar-refractivity contribution in [1.82, 2.24) is 19.9 Å². The van der Waals surface area contributed by atoms with E-state index in [1.165, 1.54) is 32.8 Å². The van der Waals surface area contributed by atoms with E-state index < -0.39 is 0 Å². The highest BCUT2D eigenvalue weighted by molar-refractivity contribution is 6.13. The zero-order chi connectivity index (χ0) is 37.3. The molecule has 4 heteroatoms. The van der Waals surface area contributed by atoms with Crippen LogP contribution in [0.25, 0.3) is 100 Å². The number of nitrogens with zero attached hydrogens (tertiary/aromatic N) is 4. The minimum Gasteiger partial charge on any atom is -0.248 e. The third-order valence-corrected chi connectivity index (χ3v) is 10.4. The quantitative estimate of drug-likeness (QED) is 0.154. The van der Waals surface area contributed by atoms with Crippen molar-refractivity contribution in [3.8, 4) is 78.8 Å². The van der Waals surface area contributed by atoms with Crippen LogP contribution in [-0.4, -0.2) is 19.9 Å². The van der Waals surface area contributed by atoms with Crippen molar-refractivity contribution in [3.63, 3.8) is 0 Å². The maximum absolute atomic E-state index is 5.19. The van der Waals surface area contributed by atoms with E-state index >= 15 is 0 Å². The first kappa shape index (κ1) is 33.0. The van der Waals surface area contributed by atoms with Gasteiger partial charge in [-0.25, -0.2) is 19.9 Å². The van der Waals surface area contributed by atoms with E-state index in [9.17, 15) is 0 Å². The van der Waals surface area contributed by atoms with Crippen molar-refractivity contribution in [2.75, 3.05) is 0 Å². The largest absolute Gasteiger partial charge is 0.248 e. The summed E-state index contributed by atoms with van der Waals surface area (Å²) in [7, 11) is 0. The molecule has 0 spiro atoms. The normalized spacial score (nSPS) is 11.2. The van der Waals surface area contributed by atoms with Crippen LogP contribution in [0.2, 0.25) is 0 Å². The third-order valence-electron chi connectivity index (χ3n) is 10.4. The number of fused-ring (bicyclic) bond motifs is 3. The molecule has 2 heterocycles. The van der Waals surface area contributed by atoms with Gasteiger partial charge in [0.2, 0.25) is 0 Å². The molecular weight excluding hydrogens is 681 g/mol. The van der Waals surface area contributed by atoms with Crippen LogP contribution in [0.3, 0.4) is 0 Å². The Hall–Kier alpha value is -7.56. The zero-order valence-corrected chi connectivity index (χ0v) is 30.4. The highest BCUT2D eigenvalue weighted by atomic mass is 15.0. The van der Waals surface area contributed by atoms with E-state index in [0.717, 1.165) is 50.2 Å². The van der Waals surface area contributed by atoms with E-state index in [1.807, 2.05) is 36.4 Å². The molecule has 8 aromatic carbocycles. The standard InChI is InChI=1S/C52H34N4/c1-4-12-35(13-5-1)36-22-28-43(29-23-36)51-54-50(42-17-8-3-9-18-42)55-52(56-51)44-30-24-38(25-31-44)37-20-26-41(27-21-37)48-34-46(39-14-6-2-7-15-39)49-45-19-11-10-16-40(45)32-33-47(49)53-48/h1-34H. The average molecular weight is 715 g/mol. The van der Waals surface area contributed by atoms with Gasteiger partial charge >= 0.3 is 0 Å². The van der Waals surface area contributed by atoms with E-state index in [-0.39, 0.29) is 0 Å². The molecule has 56 heavy (non-hydrogen) atoms. The summed E-state index contributed by atoms with van der Waals surface area (Å²) in [5, 5.41) is 3.60. The fourth-order valence-corrected chi connectivity index (χ4v) is 7.44. The number of hydrogen-bond donors (Lipinski definition) is 0. The smallest absolute Gasteiger partial charge is 0.164 e. The molecular formula is C52H34N4. The van der Waals surface area contributed by atoms with Crippen LogP contribution in [0.15, 0.2) is 206 Å². The zero-order valence-electron chi connectivity index (χ0n) is 30.4. The highest BCUT2D eigenvalue weighted by Gasteiger charge is 2.15. The van der Waals surface area contributed by atoms with E-state index in [0.29, 0.717) is 17.5 Å². The van der Waals surface area contributed by atoms with E-state index in [1.54, 1.807) is 0 Å². The van der Waals surface area contributed by atoms with Crippen LogP contribution in [0.4, 0.5) is 0 Å². The van der Waals surface area contributed by atoms with Gasteiger partial charge in [-0.3, -0.25) is 0 Å². The van der Waals surface area contributed by atoms with Gasteiger partial charge in [0.25, 0.3) is 0 Å². The lowest BCUT2D eigenvalue weighted by atomic mass is 9.94. The Labute approximate surface area is 325 Å². The molecule has 0 unspecified atom stereocenters. The molecule has 0 fully saturated rings. The second-order valence-corrected chi connectivity index (χ2v) is 13.9. The van der Waals surface area contributed by atoms with Crippen molar-refractivity contribution in [2.45, 2.75) is 0 Å². The molecule has 0 aliphatic heterocycles. The minimum absolute atomic E-state index is 0.632. The lowest BCUT2D eigenvalue weighted by Gasteiger charge is -2.13. The first-order chi connectivity index (χ1) is 27.7. The lowest BCUT2D eigenvalue weighted by molar-refractivity contribution is 1.07. The van der Waals surface area contributed by atoms with Crippen LogP contribution in [0.5, 0.6) is 0 Å². The molecule has 10 aromatic rings. The predicted octanol–water partition coefficient (Wildman–Crippen LogP) is 13.2. The molecule has 0 aliphatic carbocycles. The second kappa shape index (κ2) is 14.3. The van der Waals surface area contributed by atoms with Gasteiger partial charge in [0, 0.05) is 27.6 Å². The Balaban J connectivity index is 0.974. The summed E-state index contributed by atoms with van der Waals surface area (Å²) < 4.78 is 0. The van der Waals surface area contributed by atoms with E-state index in [4.69, 9.17) is 19.9 Å². The van der Waals surface area contributed by atoms with Crippen LogP contribution < -0.4 is 0 Å². The van der Waals surface area contributed by atoms with Crippen LogP contribution in [-0.2, 0) is 0 Å². The molecule has 0 saturated heterocycles. The van der Waals surface area contributed by atoms with Crippen LogP contribution >= 0.6 is 0 Å². The first-order valence-corrected chi connectivity index (χ1v) is 18.8. The Morgan fingerprint density at radius 3 is 1.20 bits per heavy atom. The molecule has 2 aromatic heterocycles. The third kappa shape index (κ3) is 6.40. The van der Waals surface area contributed by atoms with E-state index in [2.05, 4.69) is 170 Å². The Morgan fingerprint density at radius 1 is 0.268 bits per heavy atom. The fraction of sp³-hybridized carbons (Fsp3) is 0. The molecule has 0 amide bonds. The number of rotatable bonds is 7. The summed E-state index contributed by atoms with van der Waals surface area (Å²) in [6, 6.07) is 71.7. The van der Waals surface area contributed by atoms with Gasteiger partial charge in [-0.05, 0) is 56.3 Å². The molecule has 0 atom stereocenters. The Bertz CT molecular complexity index is 2960. The van der Waals surface area contributed by atoms with Crippen molar-refractivity contribution in [1.29, 1.82) is 0 Å². The maximum atomic E-state index is 5.19. The second-order valence-electron chi connectivity index (χ2n) is 13.9. The minimum atomic E-state index is 0.632. The van der Waals surface area contributed by atoms with Crippen molar-refractivity contribution >= 4 is 21.7 Å². The van der Waals surface area contributed by atoms with Gasteiger partial charge in [0.1, 0.15) is 0 Å².